The zero-order valence-corrected chi connectivity index (χ0v) is 19.3. The molecular formula is C24H36FN3O4. The number of carbonyl (C=O) groups is 1. The lowest BCUT2D eigenvalue weighted by Crippen LogP contribution is -2.54. The summed E-state index contributed by atoms with van der Waals surface area (Å²) in [5.74, 6) is -0.265. The number of nitrogens with zero attached hydrogens (tertiary/aromatic N) is 3. The highest BCUT2D eigenvalue weighted by molar-refractivity contribution is 5.86. The minimum absolute atomic E-state index is 0.0752. The molecule has 1 amide bonds. The molecule has 0 aliphatic carbocycles. The van der Waals surface area contributed by atoms with Crippen LogP contribution in [0, 0.1) is 22.4 Å². The van der Waals surface area contributed by atoms with Crippen molar-refractivity contribution in [3.05, 3.63) is 29.2 Å². The molecule has 32 heavy (non-hydrogen) atoms. The lowest BCUT2D eigenvalue weighted by Gasteiger charge is -2.49. The SMILES string of the molecule is CC(C)CN(C(=O)O)c1ccc(N2CCC[C@]3(CC[N+]([O-])(C4CCOCC4)C3)C2)c(F)c1. The summed E-state index contributed by atoms with van der Waals surface area (Å²) in [6.45, 7) is 8.22. The Hall–Kier alpha value is -1.90. The standard InChI is InChI=1S/C24H36FN3O4/c1-18(2)15-27(23(29)30)19-4-5-22(21(25)14-19)26-10-3-8-24(16-26)9-11-28(31,17-24)20-6-12-32-13-7-20/h4-5,14,18,20H,3,6-13,15-17H2,1-2H3,(H,29,30)/t24-,28?/m0/s1. The van der Waals surface area contributed by atoms with Crippen LogP contribution in [0.25, 0.3) is 0 Å². The Bertz CT molecular complexity index is 831. The van der Waals surface area contributed by atoms with Crippen LogP contribution in [0.1, 0.15) is 46.0 Å². The van der Waals surface area contributed by atoms with Gasteiger partial charge in [0.15, 0.2) is 0 Å². The van der Waals surface area contributed by atoms with Crippen LogP contribution in [0.2, 0.25) is 0 Å². The van der Waals surface area contributed by atoms with Gasteiger partial charge in [0.25, 0.3) is 0 Å². The van der Waals surface area contributed by atoms with E-state index in [-0.39, 0.29) is 22.0 Å². The normalized spacial score (nSPS) is 29.1. The van der Waals surface area contributed by atoms with Gasteiger partial charge in [0.05, 0.1) is 43.7 Å². The number of hydrogen-bond donors (Lipinski definition) is 1. The lowest BCUT2D eigenvalue weighted by molar-refractivity contribution is -0.898. The van der Waals surface area contributed by atoms with Gasteiger partial charge in [0.1, 0.15) is 5.82 Å². The number of anilines is 2. The van der Waals surface area contributed by atoms with Gasteiger partial charge in [0, 0.05) is 44.3 Å². The highest BCUT2D eigenvalue weighted by atomic mass is 19.1. The van der Waals surface area contributed by atoms with E-state index < -0.39 is 11.9 Å². The summed E-state index contributed by atoms with van der Waals surface area (Å²) in [6, 6.07) is 4.85. The van der Waals surface area contributed by atoms with Crippen molar-refractivity contribution in [3.63, 3.8) is 0 Å². The number of rotatable bonds is 5. The Morgan fingerprint density at radius 3 is 2.78 bits per heavy atom. The van der Waals surface area contributed by atoms with E-state index in [9.17, 15) is 15.1 Å². The van der Waals surface area contributed by atoms with Gasteiger partial charge in [-0.3, -0.25) is 4.90 Å². The van der Waals surface area contributed by atoms with Crippen LogP contribution < -0.4 is 9.80 Å². The van der Waals surface area contributed by atoms with Crippen LogP contribution in [0.3, 0.4) is 0 Å². The van der Waals surface area contributed by atoms with Crippen molar-refractivity contribution in [3.8, 4) is 0 Å². The Morgan fingerprint density at radius 2 is 2.12 bits per heavy atom. The van der Waals surface area contributed by atoms with Gasteiger partial charge in [0.2, 0.25) is 0 Å². The molecule has 3 fully saturated rings. The summed E-state index contributed by atoms with van der Waals surface area (Å²) in [6.07, 6.45) is 3.41. The number of halogens is 1. The fourth-order valence-electron chi connectivity index (χ4n) is 5.95. The molecule has 0 radical (unpaired) electrons. The van der Waals surface area contributed by atoms with E-state index in [1.54, 1.807) is 12.1 Å². The molecule has 3 aliphatic rings. The number of quaternary nitrogens is 1. The third-order valence-corrected chi connectivity index (χ3v) is 7.50. The molecule has 0 saturated carbocycles. The molecule has 1 spiro atoms. The number of hydroxylamine groups is 3. The van der Waals surface area contributed by atoms with Crippen LogP contribution >= 0.6 is 0 Å². The first-order valence-electron chi connectivity index (χ1n) is 11.9. The zero-order valence-electron chi connectivity index (χ0n) is 19.3. The molecule has 7 nitrogen and oxygen atoms in total. The average Bonchev–Trinajstić information content (AvgIpc) is 3.09. The Labute approximate surface area is 189 Å². The van der Waals surface area contributed by atoms with E-state index in [4.69, 9.17) is 4.74 Å². The minimum atomic E-state index is -1.08. The highest BCUT2D eigenvalue weighted by Crippen LogP contribution is 2.45. The molecule has 4 rings (SSSR count). The molecule has 1 N–H and O–H groups in total. The van der Waals surface area contributed by atoms with Crippen LogP contribution in [-0.2, 0) is 4.74 Å². The molecular weight excluding hydrogens is 413 g/mol. The van der Waals surface area contributed by atoms with Crippen molar-refractivity contribution < 1.29 is 23.7 Å². The first kappa shape index (κ1) is 23.3. The summed E-state index contributed by atoms with van der Waals surface area (Å²) < 4.78 is 20.5. The molecule has 1 aromatic carbocycles. The van der Waals surface area contributed by atoms with E-state index in [2.05, 4.69) is 4.90 Å². The summed E-state index contributed by atoms with van der Waals surface area (Å²) in [5, 5.41) is 23.2. The molecule has 3 aliphatic heterocycles. The van der Waals surface area contributed by atoms with Gasteiger partial charge in [-0.1, -0.05) is 13.8 Å². The molecule has 0 bridgehead atoms. The molecule has 2 atom stereocenters. The molecule has 3 saturated heterocycles. The largest absolute Gasteiger partial charge is 0.633 e. The topological polar surface area (TPSA) is 76.1 Å². The molecule has 0 aromatic heterocycles. The number of hydrogen-bond acceptors (Lipinski definition) is 4. The maximum absolute atomic E-state index is 15.2. The van der Waals surface area contributed by atoms with Gasteiger partial charge in [-0.15, -0.1) is 0 Å². The predicted octanol–water partition coefficient (Wildman–Crippen LogP) is 4.45. The third-order valence-electron chi connectivity index (χ3n) is 7.50. The predicted molar refractivity (Wildman–Crippen MR) is 122 cm³/mol. The van der Waals surface area contributed by atoms with E-state index in [0.717, 1.165) is 38.6 Å². The van der Waals surface area contributed by atoms with Crippen molar-refractivity contribution in [2.24, 2.45) is 11.3 Å². The number of amides is 1. The summed E-state index contributed by atoms with van der Waals surface area (Å²) in [5.41, 5.74) is 0.785. The summed E-state index contributed by atoms with van der Waals surface area (Å²) in [7, 11) is 0. The first-order chi connectivity index (χ1) is 15.2. The maximum atomic E-state index is 15.2. The fraction of sp³-hybridized carbons (Fsp3) is 0.708. The second-order valence-electron chi connectivity index (χ2n) is 10.4. The minimum Gasteiger partial charge on any atom is -0.633 e. The van der Waals surface area contributed by atoms with Crippen molar-refractivity contribution in [1.82, 2.24) is 0 Å². The summed E-state index contributed by atoms with van der Waals surface area (Å²) in [4.78, 5) is 14.9. The average molecular weight is 450 g/mol. The van der Waals surface area contributed by atoms with Gasteiger partial charge in [-0.2, -0.15) is 0 Å². The van der Waals surface area contributed by atoms with Gasteiger partial charge < -0.3 is 24.6 Å². The van der Waals surface area contributed by atoms with Gasteiger partial charge >= 0.3 is 6.09 Å². The van der Waals surface area contributed by atoms with Gasteiger partial charge in [-0.05, 0) is 37.0 Å². The Kier molecular flexibility index (Phi) is 6.66. The second kappa shape index (κ2) is 9.15. The smallest absolute Gasteiger partial charge is 0.411 e. The zero-order chi connectivity index (χ0) is 22.9. The quantitative estimate of drug-likeness (QED) is 0.531. The van der Waals surface area contributed by atoms with Crippen LogP contribution in [0.5, 0.6) is 0 Å². The third kappa shape index (κ3) is 4.72. The van der Waals surface area contributed by atoms with Crippen LogP contribution in [0.15, 0.2) is 18.2 Å². The fourth-order valence-corrected chi connectivity index (χ4v) is 5.95. The second-order valence-corrected chi connectivity index (χ2v) is 10.4. The molecule has 3 heterocycles. The molecule has 8 heteroatoms. The number of carboxylic acid groups (broad SMARTS) is 1. The molecule has 1 aromatic rings. The Balaban J connectivity index is 1.49. The van der Waals surface area contributed by atoms with E-state index in [1.807, 2.05) is 13.8 Å². The van der Waals surface area contributed by atoms with Gasteiger partial charge in [-0.25, -0.2) is 9.18 Å². The highest BCUT2D eigenvalue weighted by Gasteiger charge is 2.49. The first-order valence-corrected chi connectivity index (χ1v) is 11.9. The number of piperidine rings is 1. The van der Waals surface area contributed by atoms with E-state index in [0.29, 0.717) is 50.8 Å². The Morgan fingerprint density at radius 1 is 1.38 bits per heavy atom. The molecule has 1 unspecified atom stereocenters. The van der Waals surface area contributed by atoms with Crippen molar-refractivity contribution >= 4 is 17.5 Å². The van der Waals surface area contributed by atoms with Crippen LogP contribution in [0.4, 0.5) is 20.6 Å². The molecule has 178 valence electrons. The maximum Gasteiger partial charge on any atom is 0.411 e. The number of likely N-dealkylation sites (tertiary alicyclic amines) is 1. The summed E-state index contributed by atoms with van der Waals surface area (Å²) >= 11 is 0. The monoisotopic (exact) mass is 449 g/mol. The van der Waals surface area contributed by atoms with E-state index >= 15 is 4.39 Å². The lowest BCUT2D eigenvalue weighted by atomic mass is 9.79. The number of ether oxygens (including phenoxy) is 1. The van der Waals surface area contributed by atoms with Crippen molar-refractivity contribution in [2.45, 2.75) is 52.0 Å². The van der Waals surface area contributed by atoms with Crippen LogP contribution in [-0.4, -0.2) is 67.8 Å². The van der Waals surface area contributed by atoms with E-state index in [1.165, 1.54) is 11.0 Å². The van der Waals surface area contributed by atoms with Crippen molar-refractivity contribution in [1.29, 1.82) is 0 Å². The van der Waals surface area contributed by atoms with Crippen molar-refractivity contribution in [2.75, 3.05) is 55.7 Å². The number of benzene rings is 1.